The smallest absolute Gasteiger partial charge is 0.258 e. The van der Waals surface area contributed by atoms with Crippen LogP contribution in [0.2, 0.25) is 0 Å². The summed E-state index contributed by atoms with van der Waals surface area (Å²) in [5.74, 6) is 0.809. The normalized spacial score (nSPS) is 10.6. The summed E-state index contributed by atoms with van der Waals surface area (Å²) in [6, 6.07) is 6.46. The summed E-state index contributed by atoms with van der Waals surface area (Å²) in [6.07, 6.45) is 4.83. The molecule has 0 radical (unpaired) electrons. The van der Waals surface area contributed by atoms with E-state index in [2.05, 4.69) is 12.6 Å². The second kappa shape index (κ2) is 5.44. The Labute approximate surface area is 88.0 Å². The van der Waals surface area contributed by atoms with E-state index in [0.717, 1.165) is 17.7 Å². The van der Waals surface area contributed by atoms with E-state index in [4.69, 9.17) is 0 Å². The van der Waals surface area contributed by atoms with E-state index in [9.17, 15) is 10.1 Å². The van der Waals surface area contributed by atoms with E-state index < -0.39 is 4.92 Å². The highest BCUT2D eigenvalue weighted by Gasteiger charge is 2.01. The molecule has 0 saturated heterocycles. The first-order valence-corrected chi connectivity index (χ1v) is 4.89. The first-order valence-electron chi connectivity index (χ1n) is 4.26. The van der Waals surface area contributed by atoms with Gasteiger partial charge in [-0.1, -0.05) is 12.2 Å². The Hall–Kier alpha value is -1.29. The average molecular weight is 209 g/mol. The van der Waals surface area contributed by atoms with Crippen LogP contribution in [0.3, 0.4) is 0 Å². The van der Waals surface area contributed by atoms with Crippen molar-refractivity contribution in [1.29, 1.82) is 0 Å². The number of rotatable bonds is 4. The van der Waals surface area contributed by atoms with Crippen LogP contribution in [-0.4, -0.2) is 10.7 Å². The fourth-order valence-corrected chi connectivity index (χ4v) is 1.15. The highest BCUT2D eigenvalue weighted by Crippen LogP contribution is 2.12. The maximum absolute atomic E-state index is 10.4. The second-order valence-electron chi connectivity index (χ2n) is 2.76. The largest absolute Gasteiger partial charge is 0.269 e. The summed E-state index contributed by atoms with van der Waals surface area (Å²) in [5, 5.41) is 10.4. The number of thiol groups is 1. The van der Waals surface area contributed by atoms with Gasteiger partial charge in [0.25, 0.3) is 5.69 Å². The van der Waals surface area contributed by atoms with Crippen LogP contribution in [0.25, 0.3) is 6.08 Å². The van der Waals surface area contributed by atoms with Crippen molar-refractivity contribution < 1.29 is 4.92 Å². The van der Waals surface area contributed by atoms with Crippen molar-refractivity contribution in [3.63, 3.8) is 0 Å². The Morgan fingerprint density at radius 1 is 1.36 bits per heavy atom. The Morgan fingerprint density at radius 2 is 2.00 bits per heavy atom. The lowest BCUT2D eigenvalue weighted by Gasteiger charge is -1.93. The minimum Gasteiger partial charge on any atom is -0.258 e. The van der Waals surface area contributed by atoms with Crippen molar-refractivity contribution >= 4 is 24.4 Å². The van der Waals surface area contributed by atoms with Gasteiger partial charge in [0.15, 0.2) is 0 Å². The zero-order valence-corrected chi connectivity index (χ0v) is 8.48. The van der Waals surface area contributed by atoms with Crippen LogP contribution in [0.15, 0.2) is 30.3 Å². The zero-order chi connectivity index (χ0) is 10.4. The summed E-state index contributed by atoms with van der Waals surface area (Å²) in [5.41, 5.74) is 1.09. The third-order valence-electron chi connectivity index (χ3n) is 1.71. The van der Waals surface area contributed by atoms with Crippen LogP contribution >= 0.6 is 12.6 Å². The molecule has 0 atom stereocenters. The minimum absolute atomic E-state index is 0.122. The molecule has 0 N–H and O–H groups in total. The predicted octanol–water partition coefficient (Wildman–Crippen LogP) is 2.93. The molecule has 0 heterocycles. The van der Waals surface area contributed by atoms with Crippen LogP contribution in [0, 0.1) is 10.1 Å². The molecular formula is C10H11NO2S. The third-order valence-corrected chi connectivity index (χ3v) is 1.97. The number of hydrogen-bond acceptors (Lipinski definition) is 3. The van der Waals surface area contributed by atoms with Crippen LogP contribution < -0.4 is 0 Å². The molecule has 0 amide bonds. The number of nitrogens with zero attached hydrogens (tertiary/aromatic N) is 1. The number of allylic oxidation sites excluding steroid dienone is 1. The van der Waals surface area contributed by atoms with Crippen LogP contribution in [0.4, 0.5) is 5.69 Å². The summed E-state index contributed by atoms with van der Waals surface area (Å²) >= 11 is 4.07. The Morgan fingerprint density at radius 3 is 2.50 bits per heavy atom. The molecule has 1 rings (SSSR count). The van der Waals surface area contributed by atoms with Crippen LogP contribution in [-0.2, 0) is 0 Å². The number of nitro benzene ring substituents is 1. The fourth-order valence-electron chi connectivity index (χ4n) is 1.00. The molecule has 0 spiro atoms. The van der Waals surface area contributed by atoms with Crippen molar-refractivity contribution in [3.8, 4) is 0 Å². The minimum atomic E-state index is -0.402. The molecule has 0 aliphatic carbocycles. The van der Waals surface area contributed by atoms with Gasteiger partial charge in [-0.25, -0.2) is 0 Å². The third kappa shape index (κ3) is 3.22. The van der Waals surface area contributed by atoms with Gasteiger partial charge in [0.1, 0.15) is 0 Å². The molecule has 14 heavy (non-hydrogen) atoms. The summed E-state index contributed by atoms with van der Waals surface area (Å²) < 4.78 is 0. The summed E-state index contributed by atoms with van der Waals surface area (Å²) in [7, 11) is 0. The van der Waals surface area contributed by atoms with Gasteiger partial charge in [-0.2, -0.15) is 12.6 Å². The van der Waals surface area contributed by atoms with Gasteiger partial charge in [-0.3, -0.25) is 10.1 Å². The number of nitro groups is 1. The highest BCUT2D eigenvalue weighted by atomic mass is 32.1. The van der Waals surface area contributed by atoms with Gasteiger partial charge in [0.2, 0.25) is 0 Å². The quantitative estimate of drug-likeness (QED) is 0.470. The summed E-state index contributed by atoms with van der Waals surface area (Å²) in [4.78, 5) is 9.95. The van der Waals surface area contributed by atoms with Crippen molar-refractivity contribution in [1.82, 2.24) is 0 Å². The van der Waals surface area contributed by atoms with E-state index in [-0.39, 0.29) is 5.69 Å². The molecule has 0 unspecified atom stereocenters. The van der Waals surface area contributed by atoms with Gasteiger partial charge >= 0.3 is 0 Å². The maximum Gasteiger partial charge on any atom is 0.269 e. The molecule has 0 aromatic heterocycles. The first-order chi connectivity index (χ1) is 6.74. The second-order valence-corrected chi connectivity index (χ2v) is 3.21. The van der Waals surface area contributed by atoms with Crippen molar-refractivity contribution in [2.45, 2.75) is 6.42 Å². The Kier molecular flexibility index (Phi) is 4.19. The van der Waals surface area contributed by atoms with Gasteiger partial charge in [0, 0.05) is 12.1 Å². The average Bonchev–Trinajstić information content (AvgIpc) is 2.19. The highest BCUT2D eigenvalue weighted by molar-refractivity contribution is 7.80. The molecule has 0 fully saturated rings. The monoisotopic (exact) mass is 209 g/mol. The molecule has 1 aromatic rings. The molecule has 1 aromatic carbocycles. The summed E-state index contributed by atoms with van der Waals surface area (Å²) in [6.45, 7) is 0. The fraction of sp³-hybridized carbons (Fsp3) is 0.200. The van der Waals surface area contributed by atoms with Gasteiger partial charge in [-0.15, -0.1) is 0 Å². The van der Waals surface area contributed by atoms with Gasteiger partial charge in [0.05, 0.1) is 4.92 Å². The van der Waals surface area contributed by atoms with Crippen molar-refractivity contribution in [2.75, 3.05) is 5.75 Å². The van der Waals surface area contributed by atoms with E-state index in [0.29, 0.717) is 0 Å². The van der Waals surface area contributed by atoms with Crippen LogP contribution in [0.1, 0.15) is 12.0 Å². The molecule has 0 aliphatic heterocycles. The molecule has 3 nitrogen and oxygen atoms in total. The maximum atomic E-state index is 10.4. The zero-order valence-electron chi connectivity index (χ0n) is 7.59. The van der Waals surface area contributed by atoms with E-state index >= 15 is 0 Å². The lowest BCUT2D eigenvalue weighted by atomic mass is 10.2. The van der Waals surface area contributed by atoms with Gasteiger partial charge < -0.3 is 0 Å². The standard InChI is InChI=1S/C10H11NO2S/c12-11(13)10-6-4-9(5-7-10)3-1-2-8-14/h1,3-7,14H,2,8H2. The SMILES string of the molecule is O=[N+]([O-])c1ccc(C=CCCS)cc1. The molecule has 0 aliphatic rings. The lowest BCUT2D eigenvalue weighted by molar-refractivity contribution is -0.384. The number of benzene rings is 1. The number of hydrogen-bond donors (Lipinski definition) is 1. The van der Waals surface area contributed by atoms with Gasteiger partial charge in [-0.05, 0) is 29.9 Å². The van der Waals surface area contributed by atoms with E-state index in [1.807, 2.05) is 12.2 Å². The molecule has 0 bridgehead atoms. The Balaban J connectivity index is 2.68. The van der Waals surface area contributed by atoms with E-state index in [1.54, 1.807) is 12.1 Å². The molecule has 0 saturated carbocycles. The molecule has 74 valence electrons. The van der Waals surface area contributed by atoms with Crippen molar-refractivity contribution in [2.24, 2.45) is 0 Å². The Bertz CT molecular complexity index is 332. The van der Waals surface area contributed by atoms with Crippen LogP contribution in [0.5, 0.6) is 0 Å². The number of non-ortho nitro benzene ring substituents is 1. The topological polar surface area (TPSA) is 43.1 Å². The predicted molar refractivity (Wildman–Crippen MR) is 60.6 cm³/mol. The molecule has 4 heteroatoms. The molecular weight excluding hydrogens is 198 g/mol. The van der Waals surface area contributed by atoms with Crippen molar-refractivity contribution in [3.05, 3.63) is 46.0 Å². The lowest BCUT2D eigenvalue weighted by Crippen LogP contribution is -1.86. The van der Waals surface area contributed by atoms with E-state index in [1.165, 1.54) is 12.1 Å². The first kappa shape index (κ1) is 10.8.